The van der Waals surface area contributed by atoms with Crippen LogP contribution in [0.3, 0.4) is 0 Å². The lowest BCUT2D eigenvalue weighted by molar-refractivity contribution is 0.0692. The van der Waals surface area contributed by atoms with Gasteiger partial charge in [0.1, 0.15) is 0 Å². The summed E-state index contributed by atoms with van der Waals surface area (Å²) in [6.07, 6.45) is 1.81. The first kappa shape index (κ1) is 14.4. The molecule has 0 unspecified atom stereocenters. The van der Waals surface area contributed by atoms with E-state index in [2.05, 4.69) is 9.71 Å². The maximum Gasteiger partial charge on any atom is 0.356 e. The molecule has 0 aliphatic carbocycles. The van der Waals surface area contributed by atoms with Crippen molar-refractivity contribution in [2.24, 2.45) is 5.92 Å². The molecule has 0 fully saturated rings. The molecular formula is C11H16N2O4S. The molecule has 0 saturated carbocycles. The fourth-order valence-electron chi connectivity index (χ4n) is 1.27. The average Bonchev–Trinajstić information content (AvgIpc) is 2.26. The minimum Gasteiger partial charge on any atom is -0.476 e. The monoisotopic (exact) mass is 272 g/mol. The van der Waals surface area contributed by atoms with E-state index in [-0.39, 0.29) is 23.1 Å². The number of aromatic nitrogens is 1. The van der Waals surface area contributed by atoms with Crippen molar-refractivity contribution in [2.45, 2.75) is 20.3 Å². The van der Waals surface area contributed by atoms with Crippen LogP contribution >= 0.6 is 0 Å². The Labute approximate surface area is 106 Å². The quantitative estimate of drug-likeness (QED) is 0.819. The van der Waals surface area contributed by atoms with Gasteiger partial charge < -0.3 is 5.11 Å². The molecule has 100 valence electrons. The van der Waals surface area contributed by atoms with Crippen LogP contribution in [0.4, 0.5) is 5.69 Å². The Morgan fingerprint density at radius 1 is 1.50 bits per heavy atom. The molecule has 1 heterocycles. The summed E-state index contributed by atoms with van der Waals surface area (Å²) in [4.78, 5) is 14.5. The third-order valence-corrected chi connectivity index (χ3v) is 3.54. The average molecular weight is 272 g/mol. The highest BCUT2D eigenvalue weighted by Gasteiger charge is 2.17. The first-order valence-electron chi connectivity index (χ1n) is 5.50. The minimum atomic E-state index is -3.54. The number of sulfonamides is 1. The van der Waals surface area contributed by atoms with E-state index in [0.717, 1.165) is 0 Å². The van der Waals surface area contributed by atoms with Crippen LogP contribution in [-0.4, -0.2) is 30.2 Å². The normalized spacial score (nSPS) is 11.5. The molecule has 1 aromatic rings. The van der Waals surface area contributed by atoms with Gasteiger partial charge in [0.05, 0.1) is 11.4 Å². The maximum atomic E-state index is 11.7. The number of carboxylic acid groups (broad SMARTS) is 1. The second-order valence-electron chi connectivity index (χ2n) is 4.31. The maximum absolute atomic E-state index is 11.7. The van der Waals surface area contributed by atoms with Crippen LogP contribution in [0, 0.1) is 5.92 Å². The van der Waals surface area contributed by atoms with Crippen LogP contribution in [0.2, 0.25) is 0 Å². The number of hydrogen-bond acceptors (Lipinski definition) is 4. The molecule has 0 aromatic carbocycles. The standard InChI is InChI=1S/C11H16N2O4S/c1-8(2)5-7-18(16,17)13-9-4-3-6-12-10(9)11(14)15/h3-4,6,8,13H,5,7H2,1-2H3,(H,14,15). The molecule has 0 spiro atoms. The van der Waals surface area contributed by atoms with Crippen molar-refractivity contribution in [1.82, 2.24) is 4.98 Å². The summed E-state index contributed by atoms with van der Waals surface area (Å²) < 4.78 is 25.7. The summed E-state index contributed by atoms with van der Waals surface area (Å²) in [5, 5.41) is 8.88. The Hall–Kier alpha value is -1.63. The number of nitrogens with one attached hydrogen (secondary N) is 1. The molecule has 0 saturated heterocycles. The highest BCUT2D eigenvalue weighted by Crippen LogP contribution is 2.15. The lowest BCUT2D eigenvalue weighted by atomic mass is 10.2. The molecule has 0 amide bonds. The molecule has 0 aliphatic rings. The van der Waals surface area contributed by atoms with Gasteiger partial charge in [0.2, 0.25) is 10.0 Å². The van der Waals surface area contributed by atoms with E-state index >= 15 is 0 Å². The van der Waals surface area contributed by atoms with E-state index in [0.29, 0.717) is 6.42 Å². The van der Waals surface area contributed by atoms with Gasteiger partial charge in [-0.2, -0.15) is 0 Å². The van der Waals surface area contributed by atoms with Crippen molar-refractivity contribution in [3.05, 3.63) is 24.0 Å². The molecule has 0 radical (unpaired) electrons. The van der Waals surface area contributed by atoms with Gasteiger partial charge in [-0.05, 0) is 24.5 Å². The predicted octanol–water partition coefficient (Wildman–Crippen LogP) is 1.57. The molecule has 1 rings (SSSR count). The molecule has 7 heteroatoms. The van der Waals surface area contributed by atoms with Gasteiger partial charge in [-0.15, -0.1) is 0 Å². The van der Waals surface area contributed by atoms with E-state index < -0.39 is 16.0 Å². The van der Waals surface area contributed by atoms with Crippen LogP contribution in [0.5, 0.6) is 0 Å². The molecule has 0 atom stereocenters. The Morgan fingerprint density at radius 3 is 2.72 bits per heavy atom. The van der Waals surface area contributed by atoms with Crippen molar-refractivity contribution in [3.8, 4) is 0 Å². The van der Waals surface area contributed by atoms with E-state index in [1.807, 2.05) is 13.8 Å². The van der Waals surface area contributed by atoms with Crippen molar-refractivity contribution in [2.75, 3.05) is 10.5 Å². The van der Waals surface area contributed by atoms with Gasteiger partial charge in [0.15, 0.2) is 5.69 Å². The third kappa shape index (κ3) is 4.33. The summed E-state index contributed by atoms with van der Waals surface area (Å²) in [5.74, 6) is -1.05. The van der Waals surface area contributed by atoms with Crippen LogP contribution in [0.1, 0.15) is 30.8 Å². The van der Waals surface area contributed by atoms with Gasteiger partial charge >= 0.3 is 5.97 Å². The third-order valence-electron chi connectivity index (χ3n) is 2.24. The number of hydrogen-bond donors (Lipinski definition) is 2. The molecule has 6 nitrogen and oxygen atoms in total. The first-order valence-corrected chi connectivity index (χ1v) is 7.16. The Kier molecular flexibility index (Phi) is 4.66. The second kappa shape index (κ2) is 5.81. The van der Waals surface area contributed by atoms with Crippen LogP contribution in [0.15, 0.2) is 18.3 Å². The lowest BCUT2D eigenvalue weighted by Gasteiger charge is -2.10. The van der Waals surface area contributed by atoms with Gasteiger partial charge in [0.25, 0.3) is 0 Å². The summed E-state index contributed by atoms with van der Waals surface area (Å²) in [6, 6.07) is 2.86. The van der Waals surface area contributed by atoms with Crippen LogP contribution in [0.25, 0.3) is 0 Å². The number of aromatic carboxylic acids is 1. The molecule has 0 bridgehead atoms. The van der Waals surface area contributed by atoms with Gasteiger partial charge in [-0.25, -0.2) is 18.2 Å². The molecule has 1 aromatic heterocycles. The summed E-state index contributed by atoms with van der Waals surface area (Å²) in [7, 11) is -3.54. The fourth-order valence-corrected chi connectivity index (χ4v) is 2.65. The second-order valence-corrected chi connectivity index (χ2v) is 6.15. The van der Waals surface area contributed by atoms with Crippen LogP contribution in [-0.2, 0) is 10.0 Å². The highest BCUT2D eigenvalue weighted by atomic mass is 32.2. The lowest BCUT2D eigenvalue weighted by Crippen LogP contribution is -2.20. The van der Waals surface area contributed by atoms with Crippen molar-refractivity contribution < 1.29 is 18.3 Å². The summed E-state index contributed by atoms with van der Waals surface area (Å²) >= 11 is 0. The number of nitrogens with zero attached hydrogens (tertiary/aromatic N) is 1. The van der Waals surface area contributed by atoms with E-state index in [4.69, 9.17) is 5.11 Å². The number of carbonyl (C=O) groups is 1. The van der Waals surface area contributed by atoms with E-state index in [1.165, 1.54) is 18.3 Å². The van der Waals surface area contributed by atoms with Gasteiger partial charge in [0, 0.05) is 6.20 Å². The first-order chi connectivity index (χ1) is 8.32. The number of rotatable bonds is 6. The fraction of sp³-hybridized carbons (Fsp3) is 0.455. The minimum absolute atomic E-state index is 0.00578. The summed E-state index contributed by atoms with van der Waals surface area (Å²) in [6.45, 7) is 3.84. The molecule has 2 N–H and O–H groups in total. The predicted molar refractivity (Wildman–Crippen MR) is 68.1 cm³/mol. The van der Waals surface area contributed by atoms with Gasteiger partial charge in [-0.1, -0.05) is 13.8 Å². The Morgan fingerprint density at radius 2 is 2.17 bits per heavy atom. The van der Waals surface area contributed by atoms with Crippen molar-refractivity contribution >= 4 is 21.7 Å². The SMILES string of the molecule is CC(C)CCS(=O)(=O)Nc1cccnc1C(=O)O. The zero-order valence-electron chi connectivity index (χ0n) is 10.3. The number of pyridine rings is 1. The molecule has 18 heavy (non-hydrogen) atoms. The van der Waals surface area contributed by atoms with Crippen LogP contribution < -0.4 is 4.72 Å². The van der Waals surface area contributed by atoms with Crippen molar-refractivity contribution in [1.29, 1.82) is 0 Å². The highest BCUT2D eigenvalue weighted by molar-refractivity contribution is 7.92. The topological polar surface area (TPSA) is 96.4 Å². The molecular weight excluding hydrogens is 256 g/mol. The van der Waals surface area contributed by atoms with E-state index in [1.54, 1.807) is 0 Å². The number of carboxylic acids is 1. The number of anilines is 1. The molecule has 0 aliphatic heterocycles. The largest absolute Gasteiger partial charge is 0.476 e. The Bertz CT molecular complexity index is 526. The Balaban J connectivity index is 2.87. The smallest absolute Gasteiger partial charge is 0.356 e. The zero-order valence-corrected chi connectivity index (χ0v) is 11.1. The van der Waals surface area contributed by atoms with E-state index in [9.17, 15) is 13.2 Å². The zero-order chi connectivity index (χ0) is 13.8. The van der Waals surface area contributed by atoms with Crippen molar-refractivity contribution in [3.63, 3.8) is 0 Å². The van der Waals surface area contributed by atoms with Gasteiger partial charge in [-0.3, -0.25) is 4.72 Å². The summed E-state index contributed by atoms with van der Waals surface area (Å²) in [5.41, 5.74) is -0.306.